The summed E-state index contributed by atoms with van der Waals surface area (Å²) in [5.74, 6) is -2.38. The van der Waals surface area contributed by atoms with E-state index in [4.69, 9.17) is 4.98 Å². The number of halogens is 2. The third-order valence-electron chi connectivity index (χ3n) is 6.34. The fraction of sp³-hybridized carbons (Fsp3) is 0.375. The highest BCUT2D eigenvalue weighted by Crippen LogP contribution is 2.32. The van der Waals surface area contributed by atoms with Crippen molar-refractivity contribution in [1.29, 1.82) is 0 Å². The van der Waals surface area contributed by atoms with E-state index in [2.05, 4.69) is 10.2 Å². The van der Waals surface area contributed by atoms with E-state index < -0.39 is 17.5 Å². The molecule has 0 saturated carbocycles. The van der Waals surface area contributed by atoms with Gasteiger partial charge in [-0.15, -0.1) is 0 Å². The number of carbonyl (C=O) groups excluding carboxylic acids is 2. The Morgan fingerprint density at radius 2 is 1.76 bits per heavy atom. The Labute approximate surface area is 194 Å². The standard InChI is InChI=1S/C24H24F2N4O2S/c25-16-3-5-18(19(26)13-16)23(32)29-11-7-15(8-12-29)22(31)27-17-4-6-20-21(14-17)33-24(28-20)30-9-1-2-10-30/h3-6,13-15H,1-2,7-12H2,(H,27,31). The molecule has 2 aliphatic heterocycles. The average molecular weight is 471 g/mol. The van der Waals surface area contributed by atoms with Crippen LogP contribution in [0.4, 0.5) is 19.6 Å². The van der Waals surface area contributed by atoms with Gasteiger partial charge in [-0.3, -0.25) is 9.59 Å². The molecule has 33 heavy (non-hydrogen) atoms. The Balaban J connectivity index is 1.19. The zero-order valence-corrected chi connectivity index (χ0v) is 18.8. The second-order valence-corrected chi connectivity index (χ2v) is 9.56. The SMILES string of the molecule is O=C(Nc1ccc2nc(N3CCCC3)sc2c1)C1CCN(C(=O)c2ccc(F)cc2F)CC1. The fourth-order valence-corrected chi connectivity index (χ4v) is 5.51. The van der Waals surface area contributed by atoms with Crippen LogP contribution in [0.3, 0.4) is 0 Å². The van der Waals surface area contributed by atoms with E-state index in [9.17, 15) is 18.4 Å². The Hall–Kier alpha value is -3.07. The zero-order valence-electron chi connectivity index (χ0n) is 18.0. The van der Waals surface area contributed by atoms with Gasteiger partial charge in [0.25, 0.3) is 5.91 Å². The largest absolute Gasteiger partial charge is 0.348 e. The number of rotatable bonds is 4. The molecule has 5 rings (SSSR count). The maximum absolute atomic E-state index is 13.9. The van der Waals surface area contributed by atoms with Crippen LogP contribution in [0.2, 0.25) is 0 Å². The van der Waals surface area contributed by atoms with Crippen molar-refractivity contribution >= 4 is 44.2 Å². The van der Waals surface area contributed by atoms with E-state index in [-0.39, 0.29) is 17.4 Å². The lowest BCUT2D eigenvalue weighted by Gasteiger charge is -2.31. The molecule has 0 atom stereocenters. The van der Waals surface area contributed by atoms with Gasteiger partial charge in [0, 0.05) is 43.9 Å². The zero-order chi connectivity index (χ0) is 22.9. The first-order valence-electron chi connectivity index (χ1n) is 11.2. The molecule has 0 unspecified atom stereocenters. The van der Waals surface area contributed by atoms with Crippen molar-refractivity contribution in [3.63, 3.8) is 0 Å². The molecule has 3 heterocycles. The van der Waals surface area contributed by atoms with Crippen molar-refractivity contribution in [3.8, 4) is 0 Å². The van der Waals surface area contributed by atoms with Gasteiger partial charge in [0.2, 0.25) is 5.91 Å². The number of piperidine rings is 1. The number of thiazole rings is 1. The van der Waals surface area contributed by atoms with E-state index in [0.717, 1.165) is 46.3 Å². The second-order valence-electron chi connectivity index (χ2n) is 8.55. The smallest absolute Gasteiger partial charge is 0.256 e. The summed E-state index contributed by atoms with van der Waals surface area (Å²) in [4.78, 5) is 33.9. The average Bonchev–Trinajstić information content (AvgIpc) is 3.48. The Bertz CT molecular complexity index is 1200. The van der Waals surface area contributed by atoms with Crippen molar-refractivity contribution in [2.24, 2.45) is 5.92 Å². The first-order chi connectivity index (χ1) is 16.0. The molecule has 2 aliphatic rings. The van der Waals surface area contributed by atoms with E-state index >= 15 is 0 Å². The highest BCUT2D eigenvalue weighted by Gasteiger charge is 2.29. The lowest BCUT2D eigenvalue weighted by molar-refractivity contribution is -0.121. The van der Waals surface area contributed by atoms with Crippen molar-refractivity contribution in [3.05, 3.63) is 53.6 Å². The van der Waals surface area contributed by atoms with E-state index in [0.29, 0.717) is 32.0 Å². The number of hydrogen-bond donors (Lipinski definition) is 1. The van der Waals surface area contributed by atoms with Gasteiger partial charge in [0.15, 0.2) is 5.13 Å². The molecule has 9 heteroatoms. The topological polar surface area (TPSA) is 65.5 Å². The number of fused-ring (bicyclic) bond motifs is 1. The highest BCUT2D eigenvalue weighted by atomic mass is 32.1. The fourth-order valence-electron chi connectivity index (χ4n) is 4.46. The van der Waals surface area contributed by atoms with Gasteiger partial charge in [0.05, 0.1) is 15.8 Å². The summed E-state index contributed by atoms with van der Waals surface area (Å²) >= 11 is 1.64. The number of benzene rings is 2. The first kappa shape index (κ1) is 21.8. The van der Waals surface area contributed by atoms with Gasteiger partial charge in [-0.05, 0) is 56.0 Å². The van der Waals surface area contributed by atoms with Gasteiger partial charge >= 0.3 is 0 Å². The molecule has 1 aromatic heterocycles. The van der Waals surface area contributed by atoms with E-state index in [1.165, 1.54) is 17.7 Å². The Kier molecular flexibility index (Phi) is 5.97. The molecule has 172 valence electrons. The molecule has 2 fully saturated rings. The molecule has 0 aliphatic carbocycles. The molecule has 0 bridgehead atoms. The van der Waals surface area contributed by atoms with E-state index in [1.54, 1.807) is 11.3 Å². The minimum atomic E-state index is -0.869. The molecule has 2 aromatic carbocycles. The molecule has 0 spiro atoms. The van der Waals surface area contributed by atoms with Gasteiger partial charge in [0.1, 0.15) is 11.6 Å². The van der Waals surface area contributed by atoms with Crippen LogP contribution in [0, 0.1) is 17.6 Å². The highest BCUT2D eigenvalue weighted by molar-refractivity contribution is 7.22. The maximum Gasteiger partial charge on any atom is 0.256 e. The number of amides is 2. The van der Waals surface area contributed by atoms with Gasteiger partial charge < -0.3 is 15.1 Å². The van der Waals surface area contributed by atoms with Crippen molar-refractivity contribution < 1.29 is 18.4 Å². The summed E-state index contributed by atoms with van der Waals surface area (Å²) in [6.45, 7) is 2.78. The van der Waals surface area contributed by atoms with Crippen LogP contribution in [0.5, 0.6) is 0 Å². The van der Waals surface area contributed by atoms with Crippen LogP contribution in [0.1, 0.15) is 36.0 Å². The van der Waals surface area contributed by atoms with Crippen LogP contribution in [-0.4, -0.2) is 47.9 Å². The molecular weight excluding hydrogens is 446 g/mol. The summed E-state index contributed by atoms with van der Waals surface area (Å²) in [6, 6.07) is 8.70. The number of carbonyl (C=O) groups is 2. The van der Waals surface area contributed by atoms with Gasteiger partial charge in [-0.25, -0.2) is 13.8 Å². The van der Waals surface area contributed by atoms with Crippen LogP contribution >= 0.6 is 11.3 Å². The summed E-state index contributed by atoms with van der Waals surface area (Å²) in [7, 11) is 0. The van der Waals surface area contributed by atoms with E-state index in [1.807, 2.05) is 18.2 Å². The first-order valence-corrected chi connectivity index (χ1v) is 12.0. The van der Waals surface area contributed by atoms with Crippen LogP contribution in [0.25, 0.3) is 10.2 Å². The summed E-state index contributed by atoms with van der Waals surface area (Å²) in [5.41, 5.74) is 1.52. The number of hydrogen-bond acceptors (Lipinski definition) is 5. The Morgan fingerprint density at radius 1 is 1.00 bits per heavy atom. The number of likely N-dealkylation sites (tertiary alicyclic amines) is 1. The van der Waals surface area contributed by atoms with Gasteiger partial charge in [-0.1, -0.05) is 11.3 Å². The molecule has 2 saturated heterocycles. The van der Waals surface area contributed by atoms with Crippen LogP contribution in [0.15, 0.2) is 36.4 Å². The molecule has 6 nitrogen and oxygen atoms in total. The lowest BCUT2D eigenvalue weighted by atomic mass is 9.95. The molecule has 2 amide bonds. The number of aromatic nitrogens is 1. The number of nitrogens with one attached hydrogen (secondary N) is 1. The normalized spacial score (nSPS) is 17.0. The minimum Gasteiger partial charge on any atom is -0.348 e. The predicted molar refractivity (Wildman–Crippen MR) is 125 cm³/mol. The van der Waals surface area contributed by atoms with Crippen LogP contribution < -0.4 is 10.2 Å². The van der Waals surface area contributed by atoms with Crippen molar-refractivity contribution in [2.75, 3.05) is 36.4 Å². The van der Waals surface area contributed by atoms with Crippen molar-refractivity contribution in [2.45, 2.75) is 25.7 Å². The van der Waals surface area contributed by atoms with Crippen LogP contribution in [-0.2, 0) is 4.79 Å². The monoisotopic (exact) mass is 470 g/mol. The quantitative estimate of drug-likeness (QED) is 0.602. The van der Waals surface area contributed by atoms with Gasteiger partial charge in [-0.2, -0.15) is 0 Å². The summed E-state index contributed by atoms with van der Waals surface area (Å²) in [5, 5.41) is 4.02. The minimum absolute atomic E-state index is 0.0845. The summed E-state index contributed by atoms with van der Waals surface area (Å²) < 4.78 is 28.1. The second kappa shape index (κ2) is 9.05. The third kappa shape index (κ3) is 4.55. The molecule has 1 N–H and O–H groups in total. The maximum atomic E-state index is 13.9. The summed E-state index contributed by atoms with van der Waals surface area (Å²) in [6.07, 6.45) is 3.37. The molecule has 0 radical (unpaired) electrons. The number of anilines is 2. The Morgan fingerprint density at radius 3 is 2.48 bits per heavy atom. The number of nitrogens with zero attached hydrogens (tertiary/aromatic N) is 3. The molecular formula is C24H24F2N4O2S. The molecule has 3 aromatic rings. The van der Waals surface area contributed by atoms with Crippen molar-refractivity contribution in [1.82, 2.24) is 9.88 Å². The third-order valence-corrected chi connectivity index (χ3v) is 7.41. The lowest BCUT2D eigenvalue weighted by Crippen LogP contribution is -2.41. The predicted octanol–water partition coefficient (Wildman–Crippen LogP) is 4.67.